The summed E-state index contributed by atoms with van der Waals surface area (Å²) < 4.78 is 6.21. The highest BCUT2D eigenvalue weighted by molar-refractivity contribution is 5.93. The van der Waals surface area contributed by atoms with Gasteiger partial charge in [0.15, 0.2) is 0 Å². The fraction of sp³-hybridized carbons (Fsp3) is 0.739. The molecule has 4 rings (SSSR count). The Hall–Kier alpha value is -2.02. The number of carbonyl (C=O) groups excluding carboxylic acids is 2. The lowest BCUT2D eigenvalue weighted by molar-refractivity contribution is -0.138. The van der Waals surface area contributed by atoms with E-state index in [0.29, 0.717) is 23.9 Å². The number of nitrogens with zero attached hydrogens (tertiary/aromatic N) is 2. The highest BCUT2D eigenvalue weighted by Gasteiger charge is 2.68. The van der Waals surface area contributed by atoms with Crippen molar-refractivity contribution in [3.63, 3.8) is 0 Å². The van der Waals surface area contributed by atoms with E-state index in [0.717, 1.165) is 25.9 Å². The third kappa shape index (κ3) is 3.51. The van der Waals surface area contributed by atoms with Crippen molar-refractivity contribution in [2.75, 3.05) is 13.2 Å². The molecule has 1 saturated heterocycles. The first kappa shape index (κ1) is 21.2. The largest absolute Gasteiger partial charge is 0.378 e. The molecular formula is C23H34N4O3. The van der Waals surface area contributed by atoms with Gasteiger partial charge in [-0.15, -0.1) is 0 Å². The summed E-state index contributed by atoms with van der Waals surface area (Å²) >= 11 is 0. The fourth-order valence-electron chi connectivity index (χ4n) is 6.36. The molecule has 0 aromatic carbocycles. The molecule has 0 unspecified atom stereocenters. The van der Waals surface area contributed by atoms with Crippen LogP contribution in [0.1, 0.15) is 63.7 Å². The fourth-order valence-corrected chi connectivity index (χ4v) is 6.36. The van der Waals surface area contributed by atoms with Crippen LogP contribution in [0.3, 0.4) is 0 Å². The average molecular weight is 415 g/mol. The number of ether oxygens (including phenoxy) is 1. The Morgan fingerprint density at radius 1 is 1.30 bits per heavy atom. The topological polar surface area (TPSA) is 93.2 Å². The van der Waals surface area contributed by atoms with Gasteiger partial charge in [-0.1, -0.05) is 27.7 Å². The van der Waals surface area contributed by atoms with Gasteiger partial charge in [-0.2, -0.15) is 10.2 Å². The summed E-state index contributed by atoms with van der Waals surface area (Å²) in [4.78, 5) is 24.9. The molecule has 5 atom stereocenters. The maximum Gasteiger partial charge on any atom is 0.252 e. The summed E-state index contributed by atoms with van der Waals surface area (Å²) in [6.45, 7) is 9.84. The van der Waals surface area contributed by atoms with Crippen molar-refractivity contribution in [1.82, 2.24) is 20.8 Å². The van der Waals surface area contributed by atoms with Crippen molar-refractivity contribution in [3.05, 3.63) is 24.0 Å². The van der Waals surface area contributed by atoms with E-state index in [1.807, 2.05) is 13.8 Å². The van der Waals surface area contributed by atoms with Crippen molar-refractivity contribution >= 4 is 11.8 Å². The minimum Gasteiger partial charge on any atom is -0.378 e. The van der Waals surface area contributed by atoms with E-state index < -0.39 is 0 Å². The third-order valence-electron chi connectivity index (χ3n) is 7.99. The lowest BCUT2D eigenvalue weighted by Crippen LogP contribution is -2.60. The summed E-state index contributed by atoms with van der Waals surface area (Å²) in [5, 5.41) is 13.9. The Morgan fingerprint density at radius 2 is 2.10 bits per heavy atom. The van der Waals surface area contributed by atoms with E-state index in [4.69, 9.17) is 4.74 Å². The van der Waals surface area contributed by atoms with E-state index in [1.54, 1.807) is 6.07 Å². The van der Waals surface area contributed by atoms with Crippen LogP contribution in [0.25, 0.3) is 0 Å². The Bertz CT molecular complexity index is 797. The number of aromatic nitrogens is 2. The minimum atomic E-state index is -0.133. The first-order valence-electron chi connectivity index (χ1n) is 11.2. The predicted molar refractivity (Wildman–Crippen MR) is 113 cm³/mol. The highest BCUT2D eigenvalue weighted by Crippen LogP contribution is 2.68. The molecule has 2 heterocycles. The molecule has 2 aliphatic carbocycles. The number of hydrogen-bond acceptors (Lipinski definition) is 5. The third-order valence-corrected chi connectivity index (χ3v) is 7.99. The quantitative estimate of drug-likeness (QED) is 0.746. The zero-order chi connectivity index (χ0) is 21.5. The molecule has 7 heteroatoms. The SMILES string of the molecule is CC(C)C(=O)N[C@H]1C(C)(C)[C@@H]2C[C@@H]3[C@@H](CCNC(=O)c4ccnnc4)OCC[C@@]31C2. The van der Waals surface area contributed by atoms with Crippen LogP contribution in [0.5, 0.6) is 0 Å². The number of carbonyl (C=O) groups is 2. The summed E-state index contributed by atoms with van der Waals surface area (Å²) in [6, 6.07) is 1.85. The van der Waals surface area contributed by atoms with Gasteiger partial charge < -0.3 is 15.4 Å². The van der Waals surface area contributed by atoms with Gasteiger partial charge >= 0.3 is 0 Å². The molecule has 3 aliphatic rings. The zero-order valence-electron chi connectivity index (χ0n) is 18.5. The molecule has 2 bridgehead atoms. The summed E-state index contributed by atoms with van der Waals surface area (Å²) in [5.41, 5.74) is 0.732. The van der Waals surface area contributed by atoms with Gasteiger partial charge in [-0.3, -0.25) is 9.59 Å². The number of amides is 2. The van der Waals surface area contributed by atoms with Gasteiger partial charge in [0.2, 0.25) is 5.91 Å². The van der Waals surface area contributed by atoms with Crippen LogP contribution in [0.4, 0.5) is 0 Å². The van der Waals surface area contributed by atoms with Gasteiger partial charge in [0.05, 0.1) is 24.1 Å². The number of hydrogen-bond donors (Lipinski definition) is 2. The summed E-state index contributed by atoms with van der Waals surface area (Å²) in [6.07, 6.45) is 7.22. The van der Waals surface area contributed by atoms with Gasteiger partial charge in [0, 0.05) is 25.1 Å². The Morgan fingerprint density at radius 3 is 2.80 bits per heavy atom. The minimum absolute atomic E-state index is 0.0108. The molecule has 1 spiro atoms. The van der Waals surface area contributed by atoms with Crippen LogP contribution in [0, 0.1) is 28.6 Å². The standard InChI is InChI=1S/C23H34N4O3/c1-14(2)19(28)27-21-22(3,4)16-11-17-18(30-10-7-23(17,21)12-16)6-8-24-20(29)15-5-9-25-26-13-15/h5,9,13-14,16-18,21H,6-8,10-12H2,1-4H3,(H,24,29)(H,27,28)/t16-,17-,18-,21+,23-/m1/s1. The molecule has 2 N–H and O–H groups in total. The van der Waals surface area contributed by atoms with Gasteiger partial charge in [0.1, 0.15) is 0 Å². The van der Waals surface area contributed by atoms with E-state index in [1.165, 1.54) is 18.8 Å². The second kappa shape index (κ2) is 7.91. The number of nitrogens with one attached hydrogen (secondary N) is 2. The van der Waals surface area contributed by atoms with Crippen LogP contribution >= 0.6 is 0 Å². The first-order valence-corrected chi connectivity index (χ1v) is 11.2. The molecular weight excluding hydrogens is 380 g/mol. The normalized spacial score (nSPS) is 33.9. The second-order valence-corrected chi connectivity index (χ2v) is 10.2. The van der Waals surface area contributed by atoms with E-state index >= 15 is 0 Å². The lowest BCUT2D eigenvalue weighted by Gasteiger charge is -2.53. The Kier molecular flexibility index (Phi) is 5.60. The van der Waals surface area contributed by atoms with Crippen molar-refractivity contribution < 1.29 is 14.3 Å². The van der Waals surface area contributed by atoms with Crippen molar-refractivity contribution in [3.8, 4) is 0 Å². The molecule has 2 saturated carbocycles. The summed E-state index contributed by atoms with van der Waals surface area (Å²) in [5.74, 6) is 1.03. The van der Waals surface area contributed by atoms with E-state index in [-0.39, 0.29) is 40.7 Å². The Balaban J connectivity index is 1.43. The maximum atomic E-state index is 12.6. The van der Waals surface area contributed by atoms with Gasteiger partial charge in [-0.25, -0.2) is 0 Å². The highest BCUT2D eigenvalue weighted by atomic mass is 16.5. The molecule has 3 fully saturated rings. The van der Waals surface area contributed by atoms with Crippen LogP contribution in [-0.4, -0.2) is 47.3 Å². The van der Waals surface area contributed by atoms with Crippen LogP contribution < -0.4 is 10.6 Å². The van der Waals surface area contributed by atoms with Gasteiger partial charge in [0.25, 0.3) is 5.91 Å². The molecule has 30 heavy (non-hydrogen) atoms. The van der Waals surface area contributed by atoms with Crippen molar-refractivity contribution in [1.29, 1.82) is 0 Å². The number of rotatable bonds is 6. The second-order valence-electron chi connectivity index (χ2n) is 10.2. The molecule has 7 nitrogen and oxygen atoms in total. The smallest absolute Gasteiger partial charge is 0.252 e. The monoisotopic (exact) mass is 414 g/mol. The molecule has 164 valence electrons. The van der Waals surface area contributed by atoms with E-state index in [2.05, 4.69) is 34.7 Å². The molecule has 0 radical (unpaired) electrons. The Labute approximate surface area is 178 Å². The lowest BCUT2D eigenvalue weighted by atomic mass is 9.59. The molecule has 1 aliphatic heterocycles. The number of fused-ring (bicyclic) bond motifs is 1. The molecule has 2 amide bonds. The summed E-state index contributed by atoms with van der Waals surface area (Å²) in [7, 11) is 0. The van der Waals surface area contributed by atoms with Crippen molar-refractivity contribution in [2.45, 2.75) is 65.5 Å². The zero-order valence-corrected chi connectivity index (χ0v) is 18.5. The average Bonchev–Trinajstić information content (AvgIpc) is 3.21. The first-order chi connectivity index (χ1) is 14.3. The van der Waals surface area contributed by atoms with Crippen LogP contribution in [0.15, 0.2) is 18.5 Å². The van der Waals surface area contributed by atoms with E-state index in [9.17, 15) is 9.59 Å². The van der Waals surface area contributed by atoms with Crippen LogP contribution in [0.2, 0.25) is 0 Å². The molecule has 1 aromatic heterocycles. The van der Waals surface area contributed by atoms with Crippen LogP contribution in [-0.2, 0) is 9.53 Å². The molecule has 1 aromatic rings. The van der Waals surface area contributed by atoms with Gasteiger partial charge in [-0.05, 0) is 54.4 Å². The maximum absolute atomic E-state index is 12.6. The predicted octanol–water partition coefficient (Wildman–Crippen LogP) is 2.58. The van der Waals surface area contributed by atoms with Crippen molar-refractivity contribution in [2.24, 2.45) is 28.6 Å².